The van der Waals surface area contributed by atoms with E-state index < -0.39 is 0 Å². The first-order valence-corrected chi connectivity index (χ1v) is 14.5. The summed E-state index contributed by atoms with van der Waals surface area (Å²) in [7, 11) is 1.36. The van der Waals surface area contributed by atoms with Crippen LogP contribution < -0.4 is 4.90 Å². The third-order valence-electron chi connectivity index (χ3n) is 7.95. The molecular formula is C36H32N4O4. The number of aryl methyl sites for hydroxylation is 1. The molecule has 220 valence electrons. The molecule has 2 amide bonds. The number of esters is 1. The number of amides is 2. The summed E-state index contributed by atoms with van der Waals surface area (Å²) in [5, 5.41) is 4.74. The van der Waals surface area contributed by atoms with Crippen LogP contribution >= 0.6 is 0 Å². The lowest BCUT2D eigenvalue weighted by atomic mass is 9.91. The van der Waals surface area contributed by atoms with Crippen LogP contribution in [0.1, 0.15) is 44.1 Å². The van der Waals surface area contributed by atoms with E-state index in [2.05, 4.69) is 0 Å². The first-order valence-electron chi connectivity index (χ1n) is 14.5. The van der Waals surface area contributed by atoms with Crippen LogP contribution in [0.4, 0.5) is 11.4 Å². The Morgan fingerprint density at radius 1 is 0.818 bits per heavy atom. The summed E-state index contributed by atoms with van der Waals surface area (Å²) in [6.07, 6.45) is 0.639. The fourth-order valence-corrected chi connectivity index (χ4v) is 5.75. The summed E-state index contributed by atoms with van der Waals surface area (Å²) in [6.45, 7) is 2.23. The predicted octanol–water partition coefficient (Wildman–Crippen LogP) is 6.29. The van der Waals surface area contributed by atoms with Crippen LogP contribution in [0, 0.1) is 6.92 Å². The molecule has 0 radical (unpaired) electrons. The van der Waals surface area contributed by atoms with Gasteiger partial charge in [0, 0.05) is 29.7 Å². The van der Waals surface area contributed by atoms with Gasteiger partial charge in [-0.2, -0.15) is 5.10 Å². The molecule has 0 saturated carbocycles. The Morgan fingerprint density at radius 3 is 2.07 bits per heavy atom. The summed E-state index contributed by atoms with van der Waals surface area (Å²) in [4.78, 5) is 44.0. The molecule has 1 aliphatic heterocycles. The van der Waals surface area contributed by atoms with Crippen molar-refractivity contribution >= 4 is 29.2 Å². The highest BCUT2D eigenvalue weighted by Gasteiger charge is 2.33. The third-order valence-corrected chi connectivity index (χ3v) is 7.95. The van der Waals surface area contributed by atoms with E-state index in [0.717, 1.165) is 11.1 Å². The molecule has 1 atom stereocenters. The Labute approximate surface area is 256 Å². The number of methoxy groups -OCH3 is 1. The van der Waals surface area contributed by atoms with Crippen molar-refractivity contribution in [1.82, 2.24) is 14.7 Å². The number of benzene rings is 4. The summed E-state index contributed by atoms with van der Waals surface area (Å²) >= 11 is 0. The van der Waals surface area contributed by atoms with Crippen LogP contribution in [0.25, 0.3) is 5.69 Å². The number of aromatic nitrogens is 2. The van der Waals surface area contributed by atoms with Gasteiger partial charge in [0.1, 0.15) is 0 Å². The molecule has 0 spiro atoms. The van der Waals surface area contributed by atoms with E-state index in [1.54, 1.807) is 32.7 Å². The second kappa shape index (κ2) is 12.4. The molecule has 1 aliphatic rings. The number of fused-ring (bicyclic) bond motifs is 1. The van der Waals surface area contributed by atoms with Gasteiger partial charge in [-0.05, 0) is 66.9 Å². The standard InChI is InChI=1S/C36H32N4O4/c1-25-21-32(36(43)39(28-15-5-3-6-16-28)29-17-7-4-8-18-29)37-40(25)33-20-12-11-19-31(33)35(42)38-24-27-14-10-9-13-26(27)22-30(38)23-34(41)44-2/h3-21,30H,22-24H2,1-2H3. The Kier molecular flexibility index (Phi) is 8.06. The van der Waals surface area contributed by atoms with Gasteiger partial charge in [-0.25, -0.2) is 4.68 Å². The lowest BCUT2D eigenvalue weighted by molar-refractivity contribution is -0.141. The second-order valence-corrected chi connectivity index (χ2v) is 10.8. The lowest BCUT2D eigenvalue weighted by Gasteiger charge is -2.37. The normalized spacial score (nSPS) is 14.0. The molecular weight excluding hydrogens is 552 g/mol. The number of rotatable bonds is 7. The Balaban J connectivity index is 1.36. The van der Waals surface area contributed by atoms with Crippen molar-refractivity contribution in [2.75, 3.05) is 12.0 Å². The van der Waals surface area contributed by atoms with Gasteiger partial charge in [0.05, 0.1) is 24.8 Å². The summed E-state index contributed by atoms with van der Waals surface area (Å²) < 4.78 is 6.61. The number of hydrogen-bond donors (Lipinski definition) is 0. The zero-order valence-electron chi connectivity index (χ0n) is 24.6. The van der Waals surface area contributed by atoms with Crippen molar-refractivity contribution in [3.05, 3.63) is 143 Å². The van der Waals surface area contributed by atoms with Crippen LogP contribution in [0.5, 0.6) is 0 Å². The smallest absolute Gasteiger partial charge is 0.307 e. The van der Waals surface area contributed by atoms with E-state index in [4.69, 9.17) is 9.84 Å². The zero-order chi connectivity index (χ0) is 30.6. The first kappa shape index (κ1) is 28.6. The molecule has 0 bridgehead atoms. The molecule has 0 fully saturated rings. The van der Waals surface area contributed by atoms with Crippen LogP contribution in [-0.4, -0.2) is 45.6 Å². The molecule has 0 aliphatic carbocycles. The Bertz CT molecular complexity index is 1780. The molecule has 1 aromatic heterocycles. The van der Waals surface area contributed by atoms with E-state index in [9.17, 15) is 14.4 Å². The Morgan fingerprint density at radius 2 is 1.41 bits per heavy atom. The van der Waals surface area contributed by atoms with Crippen molar-refractivity contribution in [2.24, 2.45) is 0 Å². The number of para-hydroxylation sites is 3. The topological polar surface area (TPSA) is 84.7 Å². The molecule has 6 rings (SSSR count). The van der Waals surface area contributed by atoms with Gasteiger partial charge in [0.25, 0.3) is 11.8 Å². The SMILES string of the molecule is COC(=O)CC1Cc2ccccc2CN1C(=O)c1ccccc1-n1nc(C(=O)N(c2ccccc2)c2ccccc2)cc1C. The first-order chi connectivity index (χ1) is 21.4. The summed E-state index contributed by atoms with van der Waals surface area (Å²) in [5.74, 6) is -0.881. The van der Waals surface area contributed by atoms with Crippen LogP contribution in [0.15, 0.2) is 115 Å². The van der Waals surface area contributed by atoms with E-state index in [0.29, 0.717) is 41.3 Å². The van der Waals surface area contributed by atoms with Crippen molar-refractivity contribution in [3.63, 3.8) is 0 Å². The van der Waals surface area contributed by atoms with Crippen molar-refractivity contribution in [2.45, 2.75) is 32.4 Å². The molecule has 44 heavy (non-hydrogen) atoms. The van der Waals surface area contributed by atoms with Gasteiger partial charge in [-0.1, -0.05) is 72.8 Å². The van der Waals surface area contributed by atoms with Crippen LogP contribution in [-0.2, 0) is 22.5 Å². The van der Waals surface area contributed by atoms with Crippen molar-refractivity contribution in [3.8, 4) is 5.69 Å². The van der Waals surface area contributed by atoms with Gasteiger partial charge in [-0.3, -0.25) is 19.3 Å². The zero-order valence-corrected chi connectivity index (χ0v) is 24.6. The molecule has 2 heterocycles. The van der Waals surface area contributed by atoms with E-state index >= 15 is 0 Å². The number of anilines is 2. The van der Waals surface area contributed by atoms with E-state index in [-0.39, 0.29) is 35.9 Å². The number of ether oxygens (including phenoxy) is 1. The lowest BCUT2D eigenvalue weighted by Crippen LogP contribution is -2.45. The fourth-order valence-electron chi connectivity index (χ4n) is 5.75. The average molecular weight is 585 g/mol. The summed E-state index contributed by atoms with van der Waals surface area (Å²) in [6, 6.07) is 35.4. The van der Waals surface area contributed by atoms with Gasteiger partial charge < -0.3 is 9.64 Å². The quantitative estimate of drug-likeness (QED) is 0.210. The third kappa shape index (κ3) is 5.62. The monoisotopic (exact) mass is 584 g/mol. The molecule has 0 saturated heterocycles. The minimum atomic E-state index is -0.368. The number of carbonyl (C=O) groups is 3. The van der Waals surface area contributed by atoms with Gasteiger partial charge in [0.15, 0.2) is 5.69 Å². The number of carbonyl (C=O) groups excluding carboxylic acids is 3. The maximum Gasteiger partial charge on any atom is 0.307 e. The van der Waals surface area contributed by atoms with Crippen molar-refractivity contribution in [1.29, 1.82) is 0 Å². The Hall–Kier alpha value is -5.50. The number of hydrogen-bond acceptors (Lipinski definition) is 5. The molecule has 8 heteroatoms. The molecule has 4 aromatic carbocycles. The number of nitrogens with zero attached hydrogens (tertiary/aromatic N) is 4. The van der Waals surface area contributed by atoms with Crippen molar-refractivity contribution < 1.29 is 19.1 Å². The fraction of sp³-hybridized carbons (Fsp3) is 0.167. The van der Waals surface area contributed by atoms with Crippen LogP contribution in [0.3, 0.4) is 0 Å². The molecule has 1 unspecified atom stereocenters. The van der Waals surface area contributed by atoms with E-state index in [1.807, 2.05) is 104 Å². The van der Waals surface area contributed by atoms with Gasteiger partial charge in [0.2, 0.25) is 0 Å². The highest BCUT2D eigenvalue weighted by Crippen LogP contribution is 2.30. The predicted molar refractivity (Wildman–Crippen MR) is 168 cm³/mol. The largest absolute Gasteiger partial charge is 0.469 e. The molecule has 8 nitrogen and oxygen atoms in total. The summed E-state index contributed by atoms with van der Waals surface area (Å²) in [5.41, 5.74) is 5.51. The maximum atomic E-state index is 14.3. The minimum absolute atomic E-state index is 0.0903. The van der Waals surface area contributed by atoms with Crippen LogP contribution in [0.2, 0.25) is 0 Å². The molecule has 0 N–H and O–H groups in total. The van der Waals surface area contributed by atoms with E-state index in [1.165, 1.54) is 7.11 Å². The highest BCUT2D eigenvalue weighted by molar-refractivity contribution is 6.10. The molecule has 5 aromatic rings. The average Bonchev–Trinajstić information content (AvgIpc) is 3.46. The minimum Gasteiger partial charge on any atom is -0.469 e. The highest BCUT2D eigenvalue weighted by atomic mass is 16.5. The maximum absolute atomic E-state index is 14.3. The van der Waals surface area contributed by atoms with Gasteiger partial charge >= 0.3 is 5.97 Å². The second-order valence-electron chi connectivity index (χ2n) is 10.8. The van der Waals surface area contributed by atoms with Gasteiger partial charge in [-0.15, -0.1) is 0 Å².